The SMILES string of the molecule is CC1CC(C)(C)N(C)c2ccc(C3C4=C(CC(C)(C)CC4=O)NC4=C3C(=O)CC(C)(C)C4)cc21. The molecule has 0 saturated heterocycles. The van der Waals surface area contributed by atoms with Gasteiger partial charge in [-0.1, -0.05) is 46.8 Å². The molecule has 0 aromatic heterocycles. The molecule has 4 nitrogen and oxygen atoms in total. The number of carbonyl (C=O) groups excluding carboxylic acids is 2. The Morgan fingerprint density at radius 1 is 0.853 bits per heavy atom. The largest absolute Gasteiger partial charge is 0.369 e. The lowest BCUT2D eigenvalue weighted by Gasteiger charge is -2.46. The minimum absolute atomic E-state index is 0.0710. The van der Waals surface area contributed by atoms with Crippen LogP contribution in [0.5, 0.6) is 0 Å². The second-order valence-corrected chi connectivity index (χ2v) is 13.5. The van der Waals surface area contributed by atoms with E-state index in [2.05, 4.69) is 83.9 Å². The van der Waals surface area contributed by atoms with E-state index in [0.29, 0.717) is 18.8 Å². The van der Waals surface area contributed by atoms with Gasteiger partial charge in [0.1, 0.15) is 0 Å². The molecule has 0 saturated carbocycles. The van der Waals surface area contributed by atoms with E-state index < -0.39 is 0 Å². The third-order valence-corrected chi connectivity index (χ3v) is 8.71. The molecule has 2 aliphatic heterocycles. The van der Waals surface area contributed by atoms with Crippen molar-refractivity contribution >= 4 is 17.3 Å². The summed E-state index contributed by atoms with van der Waals surface area (Å²) in [5, 5.41) is 3.63. The van der Waals surface area contributed by atoms with Gasteiger partial charge in [-0.2, -0.15) is 0 Å². The van der Waals surface area contributed by atoms with Gasteiger partial charge in [0.05, 0.1) is 0 Å². The Balaban J connectivity index is 1.69. The molecule has 34 heavy (non-hydrogen) atoms. The summed E-state index contributed by atoms with van der Waals surface area (Å²) in [5.41, 5.74) is 7.40. The second-order valence-electron chi connectivity index (χ2n) is 13.5. The molecule has 0 amide bonds. The third kappa shape index (κ3) is 3.65. The minimum atomic E-state index is -0.254. The van der Waals surface area contributed by atoms with Gasteiger partial charge in [-0.25, -0.2) is 0 Å². The van der Waals surface area contributed by atoms with E-state index in [-0.39, 0.29) is 33.9 Å². The average molecular weight is 461 g/mol. The van der Waals surface area contributed by atoms with E-state index in [1.165, 1.54) is 11.3 Å². The highest BCUT2D eigenvalue weighted by molar-refractivity contribution is 6.06. The molecular formula is C30H40N2O2. The van der Waals surface area contributed by atoms with Gasteiger partial charge in [-0.3, -0.25) is 9.59 Å². The van der Waals surface area contributed by atoms with Crippen molar-refractivity contribution in [3.63, 3.8) is 0 Å². The molecule has 0 bridgehead atoms. The Labute approximate surface area is 204 Å². The van der Waals surface area contributed by atoms with Crippen molar-refractivity contribution in [3.05, 3.63) is 51.9 Å². The van der Waals surface area contributed by atoms with Crippen LogP contribution < -0.4 is 10.2 Å². The molecule has 0 radical (unpaired) electrons. The standard InChI is InChI=1S/C30H40N2O2/c1-17-12-30(6,7)32(8)22-10-9-18(11-19(17)22)25-26-20(13-28(2,3)15-23(26)33)31-21-14-29(4,5)16-24(34)27(21)25/h9-11,17,25,31H,12-16H2,1-8H3. The fraction of sp³-hybridized carbons (Fsp3) is 0.600. The zero-order valence-corrected chi connectivity index (χ0v) is 22.2. The molecule has 0 fully saturated rings. The highest BCUT2D eigenvalue weighted by Gasteiger charge is 2.46. The van der Waals surface area contributed by atoms with Gasteiger partial charge >= 0.3 is 0 Å². The number of hydrogen-bond donors (Lipinski definition) is 1. The van der Waals surface area contributed by atoms with Crippen LogP contribution in [0.25, 0.3) is 0 Å². The van der Waals surface area contributed by atoms with Crippen molar-refractivity contribution in [2.75, 3.05) is 11.9 Å². The zero-order valence-electron chi connectivity index (χ0n) is 22.2. The molecule has 1 N–H and O–H groups in total. The fourth-order valence-corrected chi connectivity index (χ4v) is 7.00. The van der Waals surface area contributed by atoms with Crippen molar-refractivity contribution in [1.29, 1.82) is 0 Å². The summed E-state index contributed by atoms with van der Waals surface area (Å²) in [5.74, 6) is 0.553. The van der Waals surface area contributed by atoms with Crippen molar-refractivity contribution in [1.82, 2.24) is 5.32 Å². The van der Waals surface area contributed by atoms with E-state index >= 15 is 0 Å². The van der Waals surface area contributed by atoms with Gasteiger partial charge in [0.2, 0.25) is 0 Å². The monoisotopic (exact) mass is 460 g/mol. The molecule has 4 heteroatoms. The second kappa shape index (κ2) is 7.32. The molecule has 1 atom stereocenters. The number of hydrogen-bond acceptors (Lipinski definition) is 4. The summed E-state index contributed by atoms with van der Waals surface area (Å²) in [7, 11) is 2.18. The number of rotatable bonds is 1. The molecule has 1 aromatic rings. The number of nitrogens with zero attached hydrogens (tertiary/aromatic N) is 1. The lowest BCUT2D eigenvalue weighted by molar-refractivity contribution is -0.119. The van der Waals surface area contributed by atoms with Gasteiger partial charge in [-0.15, -0.1) is 0 Å². The first kappa shape index (κ1) is 23.4. The lowest BCUT2D eigenvalue weighted by Crippen LogP contribution is -2.45. The number of nitrogens with one attached hydrogen (secondary N) is 1. The Morgan fingerprint density at radius 2 is 1.38 bits per heavy atom. The highest BCUT2D eigenvalue weighted by atomic mass is 16.1. The number of dihydropyridines is 1. The van der Waals surface area contributed by atoms with E-state index in [1.807, 2.05) is 0 Å². The van der Waals surface area contributed by atoms with E-state index in [4.69, 9.17) is 0 Å². The van der Waals surface area contributed by atoms with Crippen LogP contribution in [0.15, 0.2) is 40.7 Å². The number of Topliss-reactive ketones (excluding diaryl/α,β-unsaturated/α-hetero) is 2. The number of benzene rings is 1. The Bertz CT molecular complexity index is 1110. The topological polar surface area (TPSA) is 49.4 Å². The summed E-state index contributed by atoms with van der Waals surface area (Å²) in [6.45, 7) is 15.6. The summed E-state index contributed by atoms with van der Waals surface area (Å²) < 4.78 is 0. The van der Waals surface area contributed by atoms with Gasteiger partial charge in [-0.05, 0) is 67.1 Å². The molecule has 2 heterocycles. The van der Waals surface area contributed by atoms with Crippen LogP contribution in [0, 0.1) is 10.8 Å². The Hall–Kier alpha value is -2.36. The molecule has 2 aliphatic carbocycles. The maximum Gasteiger partial charge on any atom is 0.162 e. The third-order valence-electron chi connectivity index (χ3n) is 8.71. The smallest absolute Gasteiger partial charge is 0.162 e. The fourth-order valence-electron chi connectivity index (χ4n) is 7.00. The Kier molecular flexibility index (Phi) is 5.03. The van der Waals surface area contributed by atoms with E-state index in [1.54, 1.807) is 0 Å². The summed E-state index contributed by atoms with van der Waals surface area (Å²) >= 11 is 0. The van der Waals surface area contributed by atoms with Crippen molar-refractivity contribution in [2.45, 2.75) is 97.9 Å². The summed E-state index contributed by atoms with van der Waals surface area (Å²) in [6.07, 6.45) is 3.83. The maximum absolute atomic E-state index is 13.6. The molecule has 4 aliphatic rings. The normalized spacial score (nSPS) is 27.8. The van der Waals surface area contributed by atoms with Crippen molar-refractivity contribution in [2.24, 2.45) is 10.8 Å². The highest BCUT2D eigenvalue weighted by Crippen LogP contribution is 2.52. The first-order chi connectivity index (χ1) is 15.7. The summed E-state index contributed by atoms with van der Waals surface area (Å²) in [4.78, 5) is 29.6. The van der Waals surface area contributed by atoms with Gasteiger partial charge < -0.3 is 10.2 Å². The Morgan fingerprint density at radius 3 is 1.91 bits per heavy atom. The van der Waals surface area contributed by atoms with E-state index in [9.17, 15) is 9.59 Å². The molecule has 182 valence electrons. The van der Waals surface area contributed by atoms with Crippen molar-refractivity contribution in [3.8, 4) is 0 Å². The van der Waals surface area contributed by atoms with Gasteiger partial charge in [0, 0.05) is 59.6 Å². The summed E-state index contributed by atoms with van der Waals surface area (Å²) in [6, 6.07) is 6.70. The number of anilines is 1. The van der Waals surface area contributed by atoms with E-state index in [0.717, 1.165) is 47.4 Å². The predicted octanol–water partition coefficient (Wildman–Crippen LogP) is 6.38. The minimum Gasteiger partial charge on any atom is -0.369 e. The quantitative estimate of drug-likeness (QED) is 0.528. The van der Waals surface area contributed by atoms with Crippen LogP contribution in [0.4, 0.5) is 5.69 Å². The van der Waals surface area contributed by atoms with Gasteiger partial charge in [0.15, 0.2) is 11.6 Å². The molecule has 1 unspecified atom stereocenters. The van der Waals surface area contributed by atoms with Crippen molar-refractivity contribution < 1.29 is 9.59 Å². The van der Waals surface area contributed by atoms with Crippen LogP contribution in [0.1, 0.15) is 104 Å². The first-order valence-corrected chi connectivity index (χ1v) is 12.9. The van der Waals surface area contributed by atoms with Crippen LogP contribution in [0.3, 0.4) is 0 Å². The number of carbonyl (C=O) groups is 2. The van der Waals surface area contributed by atoms with Gasteiger partial charge in [0.25, 0.3) is 0 Å². The van der Waals surface area contributed by atoms with Crippen LogP contribution in [0.2, 0.25) is 0 Å². The van der Waals surface area contributed by atoms with Crippen LogP contribution >= 0.6 is 0 Å². The predicted molar refractivity (Wildman–Crippen MR) is 138 cm³/mol. The first-order valence-electron chi connectivity index (χ1n) is 12.9. The zero-order chi connectivity index (χ0) is 24.8. The molecular weight excluding hydrogens is 420 g/mol. The number of fused-ring (bicyclic) bond motifs is 1. The van der Waals surface area contributed by atoms with Crippen LogP contribution in [-0.2, 0) is 9.59 Å². The average Bonchev–Trinajstić information content (AvgIpc) is 2.68. The lowest BCUT2D eigenvalue weighted by atomic mass is 9.64. The maximum atomic E-state index is 13.6. The number of allylic oxidation sites excluding steroid dienone is 4. The molecule has 1 aromatic carbocycles. The molecule has 0 spiro atoms. The van der Waals surface area contributed by atoms with Crippen LogP contribution in [-0.4, -0.2) is 24.2 Å². The molecule has 5 rings (SSSR count). The number of ketones is 2.